The largest absolute Gasteiger partial charge is 0.479 e. The molecule has 1 aliphatic heterocycles. The second-order valence-corrected chi connectivity index (χ2v) is 5.19. The van der Waals surface area contributed by atoms with Crippen molar-refractivity contribution in [3.63, 3.8) is 0 Å². The monoisotopic (exact) mass is 333 g/mol. The van der Waals surface area contributed by atoms with Crippen LogP contribution >= 0.6 is 0 Å². The Morgan fingerprint density at radius 3 is 2.43 bits per heavy atom. The van der Waals surface area contributed by atoms with Gasteiger partial charge < -0.3 is 42.6 Å². The van der Waals surface area contributed by atoms with Gasteiger partial charge in [-0.15, -0.1) is 0 Å². The van der Waals surface area contributed by atoms with Crippen molar-refractivity contribution >= 4 is 11.9 Å². The number of nitrogens with two attached hydrogens (primary N) is 3. The predicted octanol–water partition coefficient (Wildman–Crippen LogP) is -4.30. The highest BCUT2D eigenvalue weighted by molar-refractivity contribution is 5.84. The zero-order valence-electron chi connectivity index (χ0n) is 12.5. The summed E-state index contributed by atoms with van der Waals surface area (Å²) in [6, 6.07) is -2.83. The summed E-state index contributed by atoms with van der Waals surface area (Å²) < 4.78 is 5.29. The van der Waals surface area contributed by atoms with Gasteiger partial charge in [0.1, 0.15) is 12.4 Å². The van der Waals surface area contributed by atoms with Crippen molar-refractivity contribution in [2.45, 2.75) is 43.5 Å². The summed E-state index contributed by atoms with van der Waals surface area (Å²) in [5.74, 6) is -2.23. The average Bonchev–Trinajstić information content (AvgIpc) is 2.45. The molecule has 11 N–H and O–H groups in total. The lowest BCUT2D eigenvalue weighted by Crippen LogP contribution is -2.67. The van der Waals surface area contributed by atoms with Crippen LogP contribution in [0.1, 0.15) is 6.92 Å². The van der Waals surface area contributed by atoms with E-state index in [1.54, 1.807) is 0 Å². The third kappa shape index (κ3) is 5.13. The summed E-state index contributed by atoms with van der Waals surface area (Å²) in [7, 11) is 0. The van der Waals surface area contributed by atoms with E-state index in [0.29, 0.717) is 0 Å². The third-order valence-electron chi connectivity index (χ3n) is 3.31. The van der Waals surface area contributed by atoms with Crippen molar-refractivity contribution in [3.05, 3.63) is 11.8 Å². The molecule has 1 rings (SSSR count). The third-order valence-corrected chi connectivity index (χ3v) is 3.31. The number of carboxylic acids is 1. The zero-order valence-corrected chi connectivity index (χ0v) is 12.5. The van der Waals surface area contributed by atoms with Crippen molar-refractivity contribution < 1.29 is 29.6 Å². The van der Waals surface area contributed by atoms with Crippen LogP contribution < -0.4 is 27.8 Å². The van der Waals surface area contributed by atoms with E-state index in [9.17, 15) is 14.7 Å². The van der Waals surface area contributed by atoms with E-state index >= 15 is 0 Å². The summed E-state index contributed by atoms with van der Waals surface area (Å²) in [6.07, 6.45) is -2.31. The zero-order chi connectivity index (χ0) is 17.7. The molecule has 1 aliphatic rings. The number of nitrogens with one attached hydrogen (secondary N) is 2. The molecule has 11 heteroatoms. The molecule has 0 aliphatic carbocycles. The summed E-state index contributed by atoms with van der Waals surface area (Å²) >= 11 is 0. The molecule has 5 unspecified atom stereocenters. The number of amides is 1. The van der Waals surface area contributed by atoms with E-state index < -0.39 is 60.9 Å². The van der Waals surface area contributed by atoms with Crippen LogP contribution in [0, 0.1) is 0 Å². The second-order valence-electron chi connectivity index (χ2n) is 5.19. The van der Waals surface area contributed by atoms with Crippen molar-refractivity contribution in [3.8, 4) is 0 Å². The quantitative estimate of drug-likeness (QED) is 0.210. The molecule has 0 aromatic heterocycles. The van der Waals surface area contributed by atoms with Crippen molar-refractivity contribution in [2.75, 3.05) is 6.61 Å². The number of ether oxygens (including phenoxy) is 1. The molecule has 1 heterocycles. The number of aliphatic hydroxyl groups excluding tert-OH is 2. The lowest BCUT2D eigenvalue weighted by molar-refractivity contribution is -0.140. The minimum absolute atomic E-state index is 0.432. The van der Waals surface area contributed by atoms with Crippen molar-refractivity contribution in [1.29, 1.82) is 0 Å². The summed E-state index contributed by atoms with van der Waals surface area (Å²) in [5, 5.41) is 33.1. The van der Waals surface area contributed by atoms with Gasteiger partial charge in [-0.2, -0.15) is 0 Å². The van der Waals surface area contributed by atoms with Crippen molar-refractivity contribution in [2.24, 2.45) is 17.2 Å². The highest BCUT2D eigenvalue weighted by atomic mass is 16.5. The van der Waals surface area contributed by atoms with Crippen LogP contribution in [0.25, 0.3) is 0 Å². The number of aliphatic carboxylic acids is 1. The van der Waals surface area contributed by atoms with E-state index in [1.165, 1.54) is 13.0 Å². The molecule has 11 nitrogen and oxygen atoms in total. The van der Waals surface area contributed by atoms with Gasteiger partial charge in [0.05, 0.1) is 30.8 Å². The maximum absolute atomic E-state index is 11.4. The minimum Gasteiger partial charge on any atom is -0.479 e. The van der Waals surface area contributed by atoms with Gasteiger partial charge in [0.2, 0.25) is 11.7 Å². The molecule has 0 aromatic rings. The molecular formula is C12H23N5O6. The van der Waals surface area contributed by atoms with E-state index in [0.717, 1.165) is 0 Å². The summed E-state index contributed by atoms with van der Waals surface area (Å²) in [5.41, 5.74) is 16.7. The molecule has 0 saturated heterocycles. The Bertz CT molecular complexity index is 471. The first-order chi connectivity index (χ1) is 10.7. The molecule has 0 saturated carbocycles. The fraction of sp³-hybridized carbons (Fsp3) is 0.667. The van der Waals surface area contributed by atoms with Gasteiger partial charge in [-0.25, -0.2) is 4.79 Å². The Morgan fingerprint density at radius 2 is 2.00 bits per heavy atom. The number of carboxylic acid groups (broad SMARTS) is 1. The van der Waals surface area contributed by atoms with E-state index in [1.807, 2.05) is 0 Å². The van der Waals surface area contributed by atoms with Crippen molar-refractivity contribution in [1.82, 2.24) is 10.6 Å². The molecule has 1 amide bonds. The number of hydrogen-bond acceptors (Lipinski definition) is 9. The minimum atomic E-state index is -1.38. The topological polar surface area (TPSA) is 206 Å². The fourth-order valence-corrected chi connectivity index (χ4v) is 2.29. The van der Waals surface area contributed by atoms with Gasteiger partial charge >= 0.3 is 5.97 Å². The van der Waals surface area contributed by atoms with Gasteiger partial charge in [0, 0.05) is 6.92 Å². The highest BCUT2D eigenvalue weighted by Crippen LogP contribution is 2.22. The van der Waals surface area contributed by atoms with Gasteiger partial charge in [0.25, 0.3) is 0 Å². The Morgan fingerprint density at radius 1 is 1.39 bits per heavy atom. The number of hydrogen-bond donors (Lipinski definition) is 8. The number of carbonyl (C=O) groups excluding carboxylic acids is 1. The van der Waals surface area contributed by atoms with Gasteiger partial charge in [0.15, 0.2) is 0 Å². The number of aliphatic hydroxyl groups is 2. The van der Waals surface area contributed by atoms with Crippen LogP contribution in [-0.4, -0.2) is 70.4 Å². The lowest BCUT2D eigenvalue weighted by atomic mass is 9.91. The fourth-order valence-electron chi connectivity index (χ4n) is 2.29. The lowest BCUT2D eigenvalue weighted by Gasteiger charge is -2.41. The molecule has 0 radical (unpaired) electrons. The van der Waals surface area contributed by atoms with Crippen LogP contribution in [0.4, 0.5) is 0 Å². The molecule has 0 bridgehead atoms. The molecule has 132 valence electrons. The SMILES string of the molecule is CC(=O)NC1C(NC(N)N)C=C(C(=O)O)OC1C(N)C(O)CO. The van der Waals surface area contributed by atoms with E-state index in [2.05, 4.69) is 10.6 Å². The first-order valence-electron chi connectivity index (χ1n) is 6.88. The molecule has 0 fully saturated rings. The Labute approximate surface area is 132 Å². The van der Waals surface area contributed by atoms with Gasteiger partial charge in [-0.3, -0.25) is 10.1 Å². The van der Waals surface area contributed by atoms with Crippen LogP contribution in [-0.2, 0) is 14.3 Å². The summed E-state index contributed by atoms with van der Waals surface area (Å²) in [6.45, 7) is 0.593. The molecule has 0 aromatic carbocycles. The maximum atomic E-state index is 11.4. The first kappa shape index (κ1) is 19.3. The first-order valence-corrected chi connectivity index (χ1v) is 6.88. The maximum Gasteiger partial charge on any atom is 0.370 e. The Hall–Kier alpha value is -1.76. The summed E-state index contributed by atoms with van der Waals surface area (Å²) in [4.78, 5) is 22.6. The van der Waals surface area contributed by atoms with Crippen LogP contribution in [0.3, 0.4) is 0 Å². The van der Waals surface area contributed by atoms with Gasteiger partial charge in [-0.05, 0) is 6.08 Å². The standard InChI is InChI=1S/C12H23N5O6/c1-4(19)16-9-5(17-12(14)15)2-7(11(21)22)23-10(9)8(13)6(20)3-18/h2,5-6,8-10,12,17-18,20H,3,13-15H2,1H3,(H,16,19)(H,21,22). The number of carbonyl (C=O) groups is 2. The Balaban J connectivity index is 3.19. The van der Waals surface area contributed by atoms with Gasteiger partial charge in [-0.1, -0.05) is 0 Å². The Kier molecular flexibility index (Phi) is 6.87. The molecule has 0 spiro atoms. The van der Waals surface area contributed by atoms with Crippen LogP contribution in [0.2, 0.25) is 0 Å². The molecule has 23 heavy (non-hydrogen) atoms. The number of rotatable bonds is 7. The average molecular weight is 333 g/mol. The highest BCUT2D eigenvalue weighted by Gasteiger charge is 2.42. The predicted molar refractivity (Wildman–Crippen MR) is 78.4 cm³/mol. The van der Waals surface area contributed by atoms with E-state index in [4.69, 9.17) is 32.2 Å². The van der Waals surface area contributed by atoms with Crippen LogP contribution in [0.5, 0.6) is 0 Å². The normalized spacial score (nSPS) is 26.9. The smallest absolute Gasteiger partial charge is 0.370 e. The molecule has 5 atom stereocenters. The van der Waals surface area contributed by atoms with Crippen LogP contribution in [0.15, 0.2) is 11.8 Å². The molecular weight excluding hydrogens is 310 g/mol. The van der Waals surface area contributed by atoms with E-state index in [-0.39, 0.29) is 0 Å². The second kappa shape index (κ2) is 8.19.